The van der Waals surface area contributed by atoms with Crippen molar-refractivity contribution in [1.82, 2.24) is 10.3 Å². The van der Waals surface area contributed by atoms with Crippen LogP contribution in [-0.4, -0.2) is 24.5 Å². The van der Waals surface area contributed by atoms with Crippen LogP contribution in [-0.2, 0) is 11.2 Å². The van der Waals surface area contributed by atoms with Crippen LogP contribution in [0.5, 0.6) is 5.75 Å². The van der Waals surface area contributed by atoms with Crippen LogP contribution in [0, 0.1) is 13.8 Å². The number of benzene rings is 3. The Labute approximate surface area is 210 Å². The number of carbonyl (C=O) groups is 1. The highest BCUT2D eigenvalue weighted by atomic mass is 16.5. The molecule has 0 saturated heterocycles. The Kier molecular flexibility index (Phi) is 6.38. The van der Waals surface area contributed by atoms with E-state index >= 15 is 0 Å². The Balaban J connectivity index is 1.38. The molecule has 1 amide bonds. The average Bonchev–Trinajstić information content (AvgIpc) is 3.47. The summed E-state index contributed by atoms with van der Waals surface area (Å²) in [6.45, 7) is 6.68. The number of carbonyl (C=O) groups excluding carboxylic acids is 1. The van der Waals surface area contributed by atoms with Gasteiger partial charge in [-0.15, -0.1) is 0 Å². The lowest BCUT2D eigenvalue weighted by Gasteiger charge is -2.11. The lowest BCUT2D eigenvalue weighted by Crippen LogP contribution is -2.23. The SMILES string of the molecule is COc1cc2occ(-c3ccc(C)cc3C)c2cc1/C(C)=C/C(=O)NCCc1c[nH]c2ccccc12. The monoisotopic (exact) mass is 478 g/mol. The van der Waals surface area contributed by atoms with Gasteiger partial charge in [0.2, 0.25) is 5.91 Å². The molecular formula is C31H30N2O3. The number of ether oxygens (including phenoxy) is 1. The zero-order valence-electron chi connectivity index (χ0n) is 21.1. The number of aromatic amines is 1. The molecule has 2 heterocycles. The predicted molar refractivity (Wildman–Crippen MR) is 146 cm³/mol. The van der Waals surface area contributed by atoms with Gasteiger partial charge >= 0.3 is 0 Å². The van der Waals surface area contributed by atoms with E-state index in [0.717, 1.165) is 45.2 Å². The normalized spacial score (nSPS) is 11.8. The Hall–Kier alpha value is -4.25. The zero-order valence-corrected chi connectivity index (χ0v) is 21.1. The van der Waals surface area contributed by atoms with Gasteiger partial charge in [-0.3, -0.25) is 4.79 Å². The van der Waals surface area contributed by atoms with Crippen molar-refractivity contribution in [3.05, 3.63) is 95.4 Å². The molecule has 0 atom stereocenters. The smallest absolute Gasteiger partial charge is 0.244 e. The van der Waals surface area contributed by atoms with Crippen LogP contribution >= 0.6 is 0 Å². The number of furan rings is 1. The molecular weight excluding hydrogens is 448 g/mol. The fourth-order valence-corrected chi connectivity index (χ4v) is 4.84. The van der Waals surface area contributed by atoms with Gasteiger partial charge in [-0.25, -0.2) is 0 Å². The van der Waals surface area contributed by atoms with Crippen molar-refractivity contribution in [3.63, 3.8) is 0 Å². The van der Waals surface area contributed by atoms with E-state index in [2.05, 4.69) is 60.5 Å². The highest BCUT2D eigenvalue weighted by Gasteiger charge is 2.16. The summed E-state index contributed by atoms with van der Waals surface area (Å²) in [4.78, 5) is 16.0. The van der Waals surface area contributed by atoms with Gasteiger partial charge < -0.3 is 19.5 Å². The minimum atomic E-state index is -0.128. The van der Waals surface area contributed by atoms with Crippen LogP contribution < -0.4 is 10.1 Å². The second-order valence-electron chi connectivity index (χ2n) is 9.24. The number of para-hydroxylation sites is 1. The zero-order chi connectivity index (χ0) is 25.2. The Morgan fingerprint density at radius 2 is 1.89 bits per heavy atom. The van der Waals surface area contributed by atoms with E-state index in [-0.39, 0.29) is 5.91 Å². The second-order valence-corrected chi connectivity index (χ2v) is 9.24. The lowest BCUT2D eigenvalue weighted by atomic mass is 9.96. The van der Waals surface area contributed by atoms with Crippen molar-refractivity contribution in [1.29, 1.82) is 0 Å². The van der Waals surface area contributed by atoms with Crippen LogP contribution in [0.25, 0.3) is 38.6 Å². The number of aryl methyl sites for hydroxylation is 2. The molecule has 5 nitrogen and oxygen atoms in total. The average molecular weight is 479 g/mol. The van der Waals surface area contributed by atoms with Gasteiger partial charge in [0.25, 0.3) is 0 Å². The molecule has 0 spiro atoms. The fraction of sp³-hybridized carbons (Fsp3) is 0.194. The maximum Gasteiger partial charge on any atom is 0.244 e. The van der Waals surface area contributed by atoms with Gasteiger partial charge in [-0.1, -0.05) is 42.0 Å². The molecule has 3 aromatic carbocycles. The maximum atomic E-state index is 12.7. The number of hydrogen-bond acceptors (Lipinski definition) is 3. The van der Waals surface area contributed by atoms with E-state index < -0.39 is 0 Å². The molecule has 2 aromatic heterocycles. The number of amides is 1. The first-order valence-electron chi connectivity index (χ1n) is 12.1. The highest BCUT2D eigenvalue weighted by molar-refractivity contribution is 6.00. The molecule has 0 aliphatic carbocycles. The molecule has 0 bridgehead atoms. The molecule has 0 fully saturated rings. The topological polar surface area (TPSA) is 67.3 Å². The number of fused-ring (bicyclic) bond motifs is 2. The molecule has 0 unspecified atom stereocenters. The molecule has 5 heteroatoms. The van der Waals surface area contributed by atoms with Crippen LogP contribution in [0.4, 0.5) is 0 Å². The van der Waals surface area contributed by atoms with E-state index in [1.807, 2.05) is 31.3 Å². The van der Waals surface area contributed by atoms with Crippen molar-refractivity contribution in [2.24, 2.45) is 0 Å². The molecule has 0 radical (unpaired) electrons. The number of nitrogens with one attached hydrogen (secondary N) is 2. The highest BCUT2D eigenvalue weighted by Crippen LogP contribution is 2.38. The molecule has 2 N–H and O–H groups in total. The fourth-order valence-electron chi connectivity index (χ4n) is 4.84. The third-order valence-electron chi connectivity index (χ3n) is 6.71. The summed E-state index contributed by atoms with van der Waals surface area (Å²) >= 11 is 0. The van der Waals surface area contributed by atoms with Crippen LogP contribution in [0.1, 0.15) is 29.2 Å². The summed E-state index contributed by atoms with van der Waals surface area (Å²) in [5.74, 6) is 0.542. The van der Waals surface area contributed by atoms with Gasteiger partial charge in [0.15, 0.2) is 0 Å². The van der Waals surface area contributed by atoms with E-state index in [1.165, 1.54) is 22.1 Å². The standard InChI is InChI=1S/C31H30N2O3/c1-19-9-10-23(20(2)13-19)27-18-36-30-16-29(35-4)25(15-26(27)30)21(3)14-31(34)32-12-11-22-17-33-28-8-6-5-7-24(22)28/h5-10,13-18,33H,11-12H2,1-4H3,(H,32,34)/b21-14+. The minimum absolute atomic E-state index is 0.128. The largest absolute Gasteiger partial charge is 0.496 e. The maximum absolute atomic E-state index is 12.7. The number of methoxy groups -OCH3 is 1. The van der Waals surface area contributed by atoms with E-state index in [0.29, 0.717) is 12.3 Å². The first kappa shape index (κ1) is 23.5. The Morgan fingerprint density at radius 3 is 2.69 bits per heavy atom. The van der Waals surface area contributed by atoms with Crippen LogP contribution in [0.2, 0.25) is 0 Å². The van der Waals surface area contributed by atoms with Gasteiger partial charge in [0.05, 0.1) is 13.4 Å². The van der Waals surface area contributed by atoms with E-state index in [4.69, 9.17) is 9.15 Å². The number of hydrogen-bond donors (Lipinski definition) is 2. The van der Waals surface area contributed by atoms with Crippen molar-refractivity contribution >= 4 is 33.4 Å². The summed E-state index contributed by atoms with van der Waals surface area (Å²) in [7, 11) is 1.63. The summed E-state index contributed by atoms with van der Waals surface area (Å²) in [5.41, 5.74) is 9.32. The van der Waals surface area contributed by atoms with Gasteiger partial charge in [-0.05, 0) is 61.6 Å². The summed E-state index contributed by atoms with van der Waals surface area (Å²) in [6.07, 6.45) is 6.19. The Morgan fingerprint density at radius 1 is 1.06 bits per heavy atom. The third-order valence-corrected chi connectivity index (χ3v) is 6.71. The van der Waals surface area contributed by atoms with Crippen LogP contribution in [0.3, 0.4) is 0 Å². The number of rotatable bonds is 7. The lowest BCUT2D eigenvalue weighted by molar-refractivity contribution is -0.116. The minimum Gasteiger partial charge on any atom is -0.496 e. The molecule has 182 valence electrons. The molecule has 0 aliphatic rings. The number of H-pyrrole nitrogens is 1. The molecule has 36 heavy (non-hydrogen) atoms. The first-order chi connectivity index (χ1) is 17.4. The van der Waals surface area contributed by atoms with Crippen LogP contribution in [0.15, 0.2) is 77.6 Å². The van der Waals surface area contributed by atoms with Gasteiger partial charge in [0, 0.05) is 52.3 Å². The van der Waals surface area contributed by atoms with Gasteiger partial charge in [-0.2, -0.15) is 0 Å². The summed E-state index contributed by atoms with van der Waals surface area (Å²) < 4.78 is 11.5. The molecule has 5 aromatic rings. The molecule has 0 saturated carbocycles. The predicted octanol–water partition coefficient (Wildman–Crippen LogP) is 6.97. The quantitative estimate of drug-likeness (QED) is 0.248. The second kappa shape index (κ2) is 9.78. The Bertz CT molecular complexity index is 1600. The third kappa shape index (κ3) is 4.52. The van der Waals surface area contributed by atoms with Crippen molar-refractivity contribution in [2.45, 2.75) is 27.2 Å². The van der Waals surface area contributed by atoms with Crippen molar-refractivity contribution < 1.29 is 13.9 Å². The number of aromatic nitrogens is 1. The first-order valence-corrected chi connectivity index (χ1v) is 12.1. The molecule has 0 aliphatic heterocycles. The van der Waals surface area contributed by atoms with Gasteiger partial charge in [0.1, 0.15) is 11.3 Å². The van der Waals surface area contributed by atoms with Crippen molar-refractivity contribution in [2.75, 3.05) is 13.7 Å². The summed E-state index contributed by atoms with van der Waals surface area (Å²) in [6, 6.07) is 18.5. The number of allylic oxidation sites excluding steroid dienone is 1. The van der Waals surface area contributed by atoms with Crippen molar-refractivity contribution in [3.8, 4) is 16.9 Å². The van der Waals surface area contributed by atoms with E-state index in [1.54, 1.807) is 19.4 Å². The van der Waals surface area contributed by atoms with E-state index in [9.17, 15) is 4.79 Å². The molecule has 5 rings (SSSR count). The summed E-state index contributed by atoms with van der Waals surface area (Å²) in [5, 5.41) is 5.20.